The maximum absolute atomic E-state index is 12.3. The Hall–Kier alpha value is -2.04. The normalized spacial score (nSPS) is 14.6. The van der Waals surface area contributed by atoms with E-state index in [1.807, 2.05) is 32.0 Å². The number of benzene rings is 1. The van der Waals surface area contributed by atoms with Crippen molar-refractivity contribution in [3.05, 3.63) is 29.8 Å². The Kier molecular flexibility index (Phi) is 3.97. The molecule has 5 heteroatoms. The maximum atomic E-state index is 12.3. The van der Waals surface area contributed by atoms with Crippen molar-refractivity contribution in [2.75, 3.05) is 18.0 Å². The van der Waals surface area contributed by atoms with Gasteiger partial charge in [-0.15, -0.1) is 0 Å². The third kappa shape index (κ3) is 2.76. The molecule has 0 bridgehead atoms. The van der Waals surface area contributed by atoms with Crippen LogP contribution in [0.25, 0.3) is 0 Å². The van der Waals surface area contributed by atoms with Gasteiger partial charge in [-0.25, -0.2) is 0 Å². The van der Waals surface area contributed by atoms with E-state index in [4.69, 9.17) is 5.11 Å². The summed E-state index contributed by atoms with van der Waals surface area (Å²) < 4.78 is 0. The summed E-state index contributed by atoms with van der Waals surface area (Å²) in [5.41, 5.74) is 1.53. The molecule has 0 fully saturated rings. The lowest BCUT2D eigenvalue weighted by molar-refractivity contribution is -0.138. The van der Waals surface area contributed by atoms with Crippen LogP contribution >= 0.6 is 0 Å². The van der Waals surface area contributed by atoms with Crippen LogP contribution in [0.4, 0.5) is 5.69 Å². The molecule has 1 aliphatic rings. The molecule has 1 heterocycles. The van der Waals surface area contributed by atoms with E-state index < -0.39 is 11.5 Å². The third-order valence-corrected chi connectivity index (χ3v) is 3.74. The molecule has 0 aliphatic carbocycles. The summed E-state index contributed by atoms with van der Waals surface area (Å²) in [5.74, 6) is -1.30. The maximum Gasteiger partial charge on any atom is 0.322 e. The Morgan fingerprint density at radius 1 is 1.35 bits per heavy atom. The number of hydrogen-bond acceptors (Lipinski definition) is 3. The van der Waals surface area contributed by atoms with Crippen molar-refractivity contribution in [1.82, 2.24) is 5.32 Å². The van der Waals surface area contributed by atoms with E-state index in [9.17, 15) is 9.59 Å². The second kappa shape index (κ2) is 5.53. The Balaban J connectivity index is 2.22. The van der Waals surface area contributed by atoms with Crippen molar-refractivity contribution in [3.8, 4) is 0 Å². The van der Waals surface area contributed by atoms with Crippen LogP contribution in [0.15, 0.2) is 24.3 Å². The SMILES string of the molecule is CC(C)(C(=O)NCC(=O)O)N1CCCc2ccccc21. The Labute approximate surface area is 118 Å². The lowest BCUT2D eigenvalue weighted by Gasteiger charge is -2.42. The Morgan fingerprint density at radius 2 is 2.05 bits per heavy atom. The molecule has 108 valence electrons. The van der Waals surface area contributed by atoms with Gasteiger partial charge in [-0.1, -0.05) is 18.2 Å². The number of amides is 1. The second-order valence-corrected chi connectivity index (χ2v) is 5.52. The van der Waals surface area contributed by atoms with Gasteiger partial charge in [0.1, 0.15) is 12.1 Å². The zero-order chi connectivity index (χ0) is 14.8. The van der Waals surface area contributed by atoms with E-state index in [1.165, 1.54) is 5.56 Å². The van der Waals surface area contributed by atoms with Crippen LogP contribution in [-0.2, 0) is 16.0 Å². The van der Waals surface area contributed by atoms with Crippen molar-refractivity contribution >= 4 is 17.6 Å². The molecule has 0 unspecified atom stereocenters. The number of carbonyl (C=O) groups excluding carboxylic acids is 1. The minimum Gasteiger partial charge on any atom is -0.480 e. The first kappa shape index (κ1) is 14.4. The summed E-state index contributed by atoms with van der Waals surface area (Å²) in [5, 5.41) is 11.1. The molecule has 2 N–H and O–H groups in total. The number of nitrogens with zero attached hydrogens (tertiary/aromatic N) is 1. The molecule has 20 heavy (non-hydrogen) atoms. The first-order valence-electron chi connectivity index (χ1n) is 6.78. The summed E-state index contributed by atoms with van der Waals surface area (Å²) >= 11 is 0. The average Bonchev–Trinajstić information content (AvgIpc) is 2.43. The molecule has 1 aromatic carbocycles. The zero-order valence-corrected chi connectivity index (χ0v) is 11.8. The quantitative estimate of drug-likeness (QED) is 0.872. The lowest BCUT2D eigenvalue weighted by atomic mass is 9.93. The van der Waals surface area contributed by atoms with Crippen LogP contribution in [0, 0.1) is 0 Å². The highest BCUT2D eigenvalue weighted by Gasteiger charge is 2.36. The molecule has 0 radical (unpaired) electrons. The number of rotatable bonds is 4. The van der Waals surface area contributed by atoms with E-state index in [2.05, 4.69) is 16.3 Å². The second-order valence-electron chi connectivity index (χ2n) is 5.52. The number of carboxylic acids is 1. The van der Waals surface area contributed by atoms with Gasteiger partial charge in [0.2, 0.25) is 5.91 Å². The monoisotopic (exact) mass is 276 g/mol. The predicted octanol–water partition coefficient (Wildman–Crippen LogP) is 1.42. The van der Waals surface area contributed by atoms with E-state index >= 15 is 0 Å². The highest BCUT2D eigenvalue weighted by atomic mass is 16.4. The fourth-order valence-corrected chi connectivity index (χ4v) is 2.61. The fourth-order valence-electron chi connectivity index (χ4n) is 2.61. The number of hydrogen-bond donors (Lipinski definition) is 2. The molecular formula is C15H20N2O3. The van der Waals surface area contributed by atoms with Gasteiger partial charge in [-0.3, -0.25) is 9.59 Å². The number of aliphatic carboxylic acids is 1. The number of nitrogens with one attached hydrogen (secondary N) is 1. The zero-order valence-electron chi connectivity index (χ0n) is 11.8. The molecule has 0 saturated carbocycles. The molecular weight excluding hydrogens is 256 g/mol. The van der Waals surface area contributed by atoms with Crippen molar-refractivity contribution in [2.45, 2.75) is 32.2 Å². The number of aryl methyl sites for hydroxylation is 1. The summed E-state index contributed by atoms with van der Waals surface area (Å²) in [6.07, 6.45) is 2.01. The molecule has 2 rings (SSSR count). The molecule has 0 atom stereocenters. The van der Waals surface area contributed by atoms with E-state index in [0.29, 0.717) is 0 Å². The first-order chi connectivity index (χ1) is 9.43. The van der Waals surface area contributed by atoms with Crippen LogP contribution in [0.2, 0.25) is 0 Å². The largest absolute Gasteiger partial charge is 0.480 e. The molecule has 5 nitrogen and oxygen atoms in total. The van der Waals surface area contributed by atoms with Gasteiger partial charge < -0.3 is 15.3 Å². The smallest absolute Gasteiger partial charge is 0.322 e. The molecule has 1 aromatic rings. The minimum atomic E-state index is -1.03. The van der Waals surface area contributed by atoms with Gasteiger partial charge in [0.25, 0.3) is 0 Å². The van der Waals surface area contributed by atoms with E-state index in [0.717, 1.165) is 25.1 Å². The highest BCUT2D eigenvalue weighted by molar-refractivity contribution is 5.91. The van der Waals surface area contributed by atoms with Gasteiger partial charge in [0.05, 0.1) is 0 Å². The van der Waals surface area contributed by atoms with Crippen molar-refractivity contribution in [2.24, 2.45) is 0 Å². The predicted molar refractivity (Wildman–Crippen MR) is 76.8 cm³/mol. The van der Waals surface area contributed by atoms with Crippen LogP contribution in [0.5, 0.6) is 0 Å². The minimum absolute atomic E-state index is 0.267. The Morgan fingerprint density at radius 3 is 2.75 bits per heavy atom. The lowest BCUT2D eigenvalue weighted by Crippen LogP contribution is -2.57. The van der Waals surface area contributed by atoms with Crippen LogP contribution in [0.1, 0.15) is 25.8 Å². The standard InChI is InChI=1S/C15H20N2O3/c1-15(2,14(20)16-10-13(18)19)17-9-5-7-11-6-3-4-8-12(11)17/h3-4,6,8H,5,7,9-10H2,1-2H3,(H,16,20)(H,18,19). The highest BCUT2D eigenvalue weighted by Crippen LogP contribution is 2.32. The third-order valence-electron chi connectivity index (χ3n) is 3.74. The summed E-state index contributed by atoms with van der Waals surface area (Å²) in [4.78, 5) is 24.9. The van der Waals surface area contributed by atoms with Crippen LogP contribution in [0.3, 0.4) is 0 Å². The summed E-state index contributed by atoms with van der Waals surface area (Å²) in [6, 6.07) is 8.05. The van der Waals surface area contributed by atoms with Gasteiger partial charge in [0.15, 0.2) is 0 Å². The number of para-hydroxylation sites is 1. The Bertz CT molecular complexity index is 526. The average molecular weight is 276 g/mol. The van der Waals surface area contributed by atoms with Gasteiger partial charge in [0, 0.05) is 12.2 Å². The van der Waals surface area contributed by atoms with E-state index in [-0.39, 0.29) is 12.5 Å². The molecule has 1 amide bonds. The van der Waals surface area contributed by atoms with Crippen LogP contribution < -0.4 is 10.2 Å². The van der Waals surface area contributed by atoms with Crippen molar-refractivity contribution in [3.63, 3.8) is 0 Å². The first-order valence-corrected chi connectivity index (χ1v) is 6.78. The topological polar surface area (TPSA) is 69.6 Å². The van der Waals surface area contributed by atoms with Gasteiger partial charge in [-0.2, -0.15) is 0 Å². The number of carbonyl (C=O) groups is 2. The van der Waals surface area contributed by atoms with Crippen molar-refractivity contribution < 1.29 is 14.7 Å². The van der Waals surface area contributed by atoms with E-state index in [1.54, 1.807) is 0 Å². The summed E-state index contributed by atoms with van der Waals surface area (Å²) in [7, 11) is 0. The summed E-state index contributed by atoms with van der Waals surface area (Å²) in [6.45, 7) is 4.10. The number of fused-ring (bicyclic) bond motifs is 1. The van der Waals surface area contributed by atoms with Gasteiger partial charge in [-0.05, 0) is 38.3 Å². The fraction of sp³-hybridized carbons (Fsp3) is 0.467. The molecule has 0 spiro atoms. The molecule has 0 aromatic heterocycles. The van der Waals surface area contributed by atoms with Gasteiger partial charge >= 0.3 is 5.97 Å². The number of anilines is 1. The van der Waals surface area contributed by atoms with Crippen molar-refractivity contribution in [1.29, 1.82) is 0 Å². The van der Waals surface area contributed by atoms with Crippen LogP contribution in [-0.4, -0.2) is 35.6 Å². The number of carboxylic acid groups (broad SMARTS) is 1. The molecule has 0 saturated heterocycles. The molecule has 1 aliphatic heterocycles.